The number of hydrogen-bond acceptors (Lipinski definition) is 7. The maximum absolute atomic E-state index is 14.8. The van der Waals surface area contributed by atoms with Crippen LogP contribution in [0.15, 0.2) is 64.5 Å². The first-order valence-corrected chi connectivity index (χ1v) is 10.8. The fourth-order valence-corrected chi connectivity index (χ4v) is 3.53. The van der Waals surface area contributed by atoms with Crippen molar-refractivity contribution in [2.24, 2.45) is 16.8 Å². The second-order valence-corrected chi connectivity index (χ2v) is 8.05. The van der Waals surface area contributed by atoms with E-state index in [9.17, 15) is 4.39 Å². The normalized spacial score (nSPS) is 18.5. The van der Waals surface area contributed by atoms with Gasteiger partial charge in [0.2, 0.25) is 0 Å². The first-order valence-electron chi connectivity index (χ1n) is 10.4. The van der Waals surface area contributed by atoms with Crippen molar-refractivity contribution >= 4 is 23.3 Å². The molecule has 1 atom stereocenters. The summed E-state index contributed by atoms with van der Waals surface area (Å²) in [5.74, 6) is 11.3. The van der Waals surface area contributed by atoms with Crippen LogP contribution in [-0.2, 0) is 4.74 Å². The molecule has 2 aromatic heterocycles. The molecule has 1 aliphatic heterocycles. The lowest BCUT2D eigenvalue weighted by molar-refractivity contribution is 0.0549. The number of nitrogen functional groups attached to an aromatic ring is 1. The van der Waals surface area contributed by atoms with E-state index in [1.165, 1.54) is 13.0 Å². The van der Waals surface area contributed by atoms with Crippen LogP contribution in [-0.4, -0.2) is 38.8 Å². The fourth-order valence-electron chi connectivity index (χ4n) is 3.43. The predicted octanol–water partition coefficient (Wildman–Crippen LogP) is 3.57. The number of rotatable bonds is 6. The Morgan fingerprint density at radius 2 is 2.18 bits per heavy atom. The highest BCUT2D eigenvalue weighted by atomic mass is 35.5. The van der Waals surface area contributed by atoms with E-state index in [2.05, 4.69) is 15.2 Å². The summed E-state index contributed by atoms with van der Waals surface area (Å²) < 4.78 is 22.2. The number of amidine groups is 1. The quantitative estimate of drug-likeness (QED) is 0.191. The number of pyridine rings is 1. The Hall–Kier alpha value is -3.21. The van der Waals surface area contributed by atoms with E-state index in [1.54, 1.807) is 37.5 Å². The number of halogens is 2. The van der Waals surface area contributed by atoms with Gasteiger partial charge in [-0.15, -0.1) is 0 Å². The third-order valence-corrected chi connectivity index (χ3v) is 5.35. The number of nitrogens with zero attached hydrogens (tertiary/aromatic N) is 5. The number of ether oxygens (including phenoxy) is 1. The van der Waals surface area contributed by atoms with Gasteiger partial charge in [-0.2, -0.15) is 10.2 Å². The van der Waals surface area contributed by atoms with Crippen molar-refractivity contribution in [3.63, 3.8) is 0 Å². The van der Waals surface area contributed by atoms with Gasteiger partial charge < -0.3 is 16.3 Å². The summed E-state index contributed by atoms with van der Waals surface area (Å²) in [5.41, 5.74) is 7.94. The highest BCUT2D eigenvalue weighted by Crippen LogP contribution is 2.28. The molecule has 176 valence electrons. The second-order valence-electron chi connectivity index (χ2n) is 7.48. The van der Waals surface area contributed by atoms with Gasteiger partial charge in [-0.05, 0) is 38.8 Å². The largest absolute Gasteiger partial charge is 0.383 e. The molecule has 0 spiro atoms. The smallest absolute Gasteiger partial charge is 0.178 e. The molecule has 3 rings (SSSR count). The first kappa shape index (κ1) is 24.4. The molecule has 2 aromatic rings. The highest BCUT2D eigenvalue weighted by molar-refractivity contribution is 6.29. The van der Waals surface area contributed by atoms with Crippen molar-refractivity contribution in [1.82, 2.24) is 19.8 Å². The van der Waals surface area contributed by atoms with Gasteiger partial charge in [-0.1, -0.05) is 23.8 Å². The third kappa shape index (κ3) is 5.59. The van der Waals surface area contributed by atoms with Crippen LogP contribution < -0.4 is 17.4 Å². The molecule has 0 aromatic carbocycles. The minimum Gasteiger partial charge on any atom is -0.383 e. The molecule has 3 heterocycles. The fraction of sp³-hybridized carbons (Fsp3) is 0.318. The molecule has 0 amide bonds. The van der Waals surface area contributed by atoms with Crippen LogP contribution in [0, 0.1) is 0 Å². The number of hydrazone groups is 1. The van der Waals surface area contributed by atoms with E-state index >= 15 is 0 Å². The molecular formula is C22H28ClFN8O. The molecule has 1 saturated heterocycles. The molecule has 1 aliphatic rings. The van der Waals surface area contributed by atoms with E-state index in [0.717, 1.165) is 35.6 Å². The van der Waals surface area contributed by atoms with E-state index in [-0.39, 0.29) is 28.4 Å². The molecular weight excluding hydrogens is 447 g/mol. The molecule has 1 fully saturated rings. The minimum atomic E-state index is -0.725. The molecule has 9 nitrogen and oxygen atoms in total. The zero-order chi connectivity index (χ0) is 24.0. The van der Waals surface area contributed by atoms with Crippen molar-refractivity contribution < 1.29 is 9.13 Å². The van der Waals surface area contributed by atoms with Gasteiger partial charge in [0.15, 0.2) is 11.7 Å². The van der Waals surface area contributed by atoms with Crippen LogP contribution in [0.25, 0.3) is 11.1 Å². The summed E-state index contributed by atoms with van der Waals surface area (Å²) in [6, 6.07) is 1.91. The summed E-state index contributed by atoms with van der Waals surface area (Å²) in [5, 5.41) is 9.15. The maximum atomic E-state index is 14.8. The molecule has 1 unspecified atom stereocenters. The molecule has 33 heavy (non-hydrogen) atoms. The van der Waals surface area contributed by atoms with Crippen molar-refractivity contribution in [1.29, 1.82) is 0 Å². The summed E-state index contributed by atoms with van der Waals surface area (Å²) in [6.45, 7) is 4.60. The highest BCUT2D eigenvalue weighted by Gasteiger charge is 2.23. The van der Waals surface area contributed by atoms with Gasteiger partial charge in [0.05, 0.1) is 35.1 Å². The maximum Gasteiger partial charge on any atom is 0.178 e. The molecule has 11 heteroatoms. The number of hydrazine groups is 1. The van der Waals surface area contributed by atoms with Crippen LogP contribution in [0.5, 0.6) is 0 Å². The molecule has 0 saturated carbocycles. The Kier molecular flexibility index (Phi) is 8.21. The van der Waals surface area contributed by atoms with Gasteiger partial charge in [-0.3, -0.25) is 9.69 Å². The number of nitrogens with two attached hydrogens (primary N) is 3. The zero-order valence-electron chi connectivity index (χ0n) is 18.6. The second kappa shape index (κ2) is 11.1. The molecule has 0 radical (unpaired) electrons. The number of anilines is 1. The van der Waals surface area contributed by atoms with Crippen molar-refractivity contribution in [3.05, 3.63) is 65.0 Å². The first-order chi connectivity index (χ1) is 15.9. The Labute approximate surface area is 197 Å². The van der Waals surface area contributed by atoms with E-state index in [1.807, 2.05) is 10.9 Å². The van der Waals surface area contributed by atoms with Crippen molar-refractivity contribution in [3.8, 4) is 11.1 Å². The molecule has 0 aliphatic carbocycles. The van der Waals surface area contributed by atoms with Gasteiger partial charge in [0, 0.05) is 30.1 Å². The van der Waals surface area contributed by atoms with Crippen LogP contribution in [0.3, 0.4) is 0 Å². The lowest BCUT2D eigenvalue weighted by Gasteiger charge is -2.23. The monoisotopic (exact) mass is 474 g/mol. The third-order valence-electron chi connectivity index (χ3n) is 5.19. The number of aromatic nitrogens is 3. The average molecular weight is 475 g/mol. The van der Waals surface area contributed by atoms with Crippen molar-refractivity contribution in [2.75, 3.05) is 18.9 Å². The topological polar surface area (TPSA) is 134 Å². The van der Waals surface area contributed by atoms with E-state index < -0.39 is 5.83 Å². The van der Waals surface area contributed by atoms with Gasteiger partial charge in [-0.25, -0.2) is 15.2 Å². The zero-order valence-corrected chi connectivity index (χ0v) is 19.3. The van der Waals surface area contributed by atoms with Crippen molar-refractivity contribution in [2.45, 2.75) is 32.7 Å². The van der Waals surface area contributed by atoms with Crippen LogP contribution in [0.1, 0.15) is 38.3 Å². The Bertz CT molecular complexity index is 1100. The Morgan fingerprint density at radius 1 is 1.39 bits per heavy atom. The summed E-state index contributed by atoms with van der Waals surface area (Å²) in [7, 11) is 0. The predicted molar refractivity (Wildman–Crippen MR) is 128 cm³/mol. The Balaban J connectivity index is 1.97. The lowest BCUT2D eigenvalue weighted by atomic mass is 10.1. The summed E-state index contributed by atoms with van der Waals surface area (Å²) in [4.78, 5) is 4.26. The Morgan fingerprint density at radius 3 is 2.82 bits per heavy atom. The van der Waals surface area contributed by atoms with Crippen LogP contribution in [0.2, 0.25) is 0 Å². The number of allylic oxidation sites excluding steroid dienone is 5. The standard InChI is InChI=1S/C22H28ClFN8O/c1-3-4-7-19(20(24)14(2)23)32(27)22(30-26)18-9-15(10-28-21(18)25)16-11-29-31(12-16)17-6-5-8-33-13-17/h3-4,7,9-12,17H,5-6,8,13,26-27H2,1-2H3,(H2,25,28)/b4-3-,19-7+,20-14-,30-22-. The van der Waals surface area contributed by atoms with Gasteiger partial charge in [0.1, 0.15) is 5.82 Å². The average Bonchev–Trinajstić information content (AvgIpc) is 3.31. The lowest BCUT2D eigenvalue weighted by Crippen LogP contribution is -2.39. The van der Waals surface area contributed by atoms with E-state index in [0.29, 0.717) is 12.2 Å². The summed E-state index contributed by atoms with van der Waals surface area (Å²) >= 11 is 5.87. The SMILES string of the molecule is C\C=C/C=C(\C(F)=C(/C)Cl)N(N)/C(=N\N)c1cc(-c2cnn(C3CCCOC3)c2)cnc1N. The summed E-state index contributed by atoms with van der Waals surface area (Å²) in [6.07, 6.45) is 12.1. The van der Waals surface area contributed by atoms with Gasteiger partial charge >= 0.3 is 0 Å². The minimum absolute atomic E-state index is 0.0127. The van der Waals surface area contributed by atoms with Crippen LogP contribution in [0.4, 0.5) is 10.2 Å². The van der Waals surface area contributed by atoms with Crippen LogP contribution >= 0.6 is 11.6 Å². The van der Waals surface area contributed by atoms with E-state index in [4.69, 9.17) is 33.8 Å². The number of hydrogen-bond donors (Lipinski definition) is 3. The molecule has 0 bridgehead atoms. The molecule has 6 N–H and O–H groups in total. The van der Waals surface area contributed by atoms with Gasteiger partial charge in [0.25, 0.3) is 0 Å².